The Morgan fingerprint density at radius 1 is 1.69 bits per heavy atom. The largest absolute Gasteiger partial charge is 0.341 e. The van der Waals surface area contributed by atoms with Crippen molar-refractivity contribution in [2.75, 3.05) is 13.6 Å². The van der Waals surface area contributed by atoms with E-state index in [0.717, 1.165) is 0 Å². The lowest BCUT2D eigenvalue weighted by molar-refractivity contribution is -0.133. The first-order chi connectivity index (χ1) is 6.04. The molecule has 1 unspecified atom stereocenters. The molecule has 0 saturated carbocycles. The third kappa shape index (κ3) is 3.29. The van der Waals surface area contributed by atoms with Crippen molar-refractivity contribution in [2.45, 2.75) is 13.8 Å². The van der Waals surface area contributed by atoms with Crippen LogP contribution in [0, 0.1) is 23.2 Å². The maximum absolute atomic E-state index is 11.6. The predicted octanol–water partition coefficient (Wildman–Crippen LogP) is 1.43. The van der Waals surface area contributed by atoms with Crippen molar-refractivity contribution in [1.82, 2.24) is 4.90 Å². The number of hydrogen-bond acceptors (Lipinski definition) is 2. The Kier molecular flexibility index (Phi) is 4.83. The molecule has 0 aliphatic rings. The highest BCUT2D eigenvalue weighted by Gasteiger charge is 2.23. The highest BCUT2D eigenvalue weighted by Crippen LogP contribution is 2.12. The minimum Gasteiger partial charge on any atom is -0.341 e. The molecule has 0 aromatic heterocycles. The molecule has 0 aromatic rings. The zero-order valence-corrected chi connectivity index (χ0v) is 8.45. The average molecular weight is 180 g/mol. The Hall–Kier alpha value is -1.30. The second kappa shape index (κ2) is 5.36. The Labute approximate surface area is 79.6 Å². The molecule has 0 radical (unpaired) electrons. The summed E-state index contributed by atoms with van der Waals surface area (Å²) in [6.45, 7) is 7.76. The number of carbonyl (C=O) groups is 1. The zero-order chi connectivity index (χ0) is 10.4. The second-order valence-electron chi connectivity index (χ2n) is 3.36. The highest BCUT2D eigenvalue weighted by molar-refractivity contribution is 5.81. The molecule has 0 fully saturated rings. The van der Waals surface area contributed by atoms with E-state index >= 15 is 0 Å². The van der Waals surface area contributed by atoms with E-state index in [1.807, 2.05) is 19.9 Å². The molecule has 3 heteroatoms. The van der Waals surface area contributed by atoms with Gasteiger partial charge in [-0.1, -0.05) is 19.9 Å². The number of carbonyl (C=O) groups excluding carboxylic acids is 1. The second-order valence-corrected chi connectivity index (χ2v) is 3.36. The number of nitriles is 1. The normalized spacial score (nSPS) is 11.9. The van der Waals surface area contributed by atoms with E-state index in [-0.39, 0.29) is 11.8 Å². The highest BCUT2D eigenvalue weighted by atomic mass is 16.2. The Morgan fingerprint density at radius 2 is 2.23 bits per heavy atom. The predicted molar refractivity (Wildman–Crippen MR) is 51.8 cm³/mol. The van der Waals surface area contributed by atoms with Crippen LogP contribution in [0.2, 0.25) is 0 Å². The van der Waals surface area contributed by atoms with E-state index in [1.54, 1.807) is 13.1 Å². The van der Waals surface area contributed by atoms with Crippen LogP contribution in [0.1, 0.15) is 13.8 Å². The smallest absolute Gasteiger partial charge is 0.240 e. The topological polar surface area (TPSA) is 44.1 Å². The summed E-state index contributed by atoms with van der Waals surface area (Å²) < 4.78 is 0. The molecule has 0 heterocycles. The minimum absolute atomic E-state index is 0.0600. The van der Waals surface area contributed by atoms with Crippen LogP contribution >= 0.6 is 0 Å². The minimum atomic E-state index is -0.537. The molecule has 0 aliphatic carbocycles. The first kappa shape index (κ1) is 11.7. The van der Waals surface area contributed by atoms with Crippen LogP contribution in [0.3, 0.4) is 0 Å². The maximum Gasteiger partial charge on any atom is 0.240 e. The molecule has 0 aliphatic heterocycles. The average Bonchev–Trinajstić information content (AvgIpc) is 2.05. The van der Waals surface area contributed by atoms with Gasteiger partial charge in [-0.05, 0) is 5.92 Å². The lowest BCUT2D eigenvalue weighted by Crippen LogP contribution is -2.34. The van der Waals surface area contributed by atoms with Crippen LogP contribution in [0.5, 0.6) is 0 Å². The van der Waals surface area contributed by atoms with Crippen molar-refractivity contribution in [3.8, 4) is 6.07 Å². The molecular formula is C10H16N2O. The SMILES string of the molecule is C=CCN(C)C(=O)C(C#N)C(C)C. The van der Waals surface area contributed by atoms with Crippen molar-refractivity contribution in [3.05, 3.63) is 12.7 Å². The van der Waals surface area contributed by atoms with E-state index in [4.69, 9.17) is 5.26 Å². The van der Waals surface area contributed by atoms with Crippen LogP contribution < -0.4 is 0 Å². The first-order valence-corrected chi connectivity index (χ1v) is 4.30. The lowest BCUT2D eigenvalue weighted by atomic mass is 9.96. The number of hydrogen-bond donors (Lipinski definition) is 0. The molecule has 72 valence electrons. The van der Waals surface area contributed by atoms with Gasteiger partial charge >= 0.3 is 0 Å². The quantitative estimate of drug-likeness (QED) is 0.614. The maximum atomic E-state index is 11.6. The van der Waals surface area contributed by atoms with Gasteiger partial charge in [-0.2, -0.15) is 5.26 Å². The van der Waals surface area contributed by atoms with Crippen molar-refractivity contribution in [1.29, 1.82) is 5.26 Å². The van der Waals surface area contributed by atoms with Crippen molar-refractivity contribution in [3.63, 3.8) is 0 Å². The van der Waals surface area contributed by atoms with Gasteiger partial charge in [0.15, 0.2) is 0 Å². The van der Waals surface area contributed by atoms with Crippen LogP contribution in [-0.2, 0) is 4.79 Å². The standard InChI is InChI=1S/C10H16N2O/c1-5-6-12(4)10(13)9(7-11)8(2)3/h5,8-9H,1,6H2,2-4H3. The Morgan fingerprint density at radius 3 is 2.54 bits per heavy atom. The molecule has 0 bridgehead atoms. The van der Waals surface area contributed by atoms with Crippen LogP contribution in [0.15, 0.2) is 12.7 Å². The fourth-order valence-corrected chi connectivity index (χ4v) is 1.01. The number of rotatable bonds is 4. The van der Waals surface area contributed by atoms with Crippen molar-refractivity contribution < 1.29 is 4.79 Å². The summed E-state index contributed by atoms with van der Waals surface area (Å²) in [5, 5.41) is 8.76. The Bertz CT molecular complexity index is 228. The van der Waals surface area contributed by atoms with Gasteiger partial charge in [-0.25, -0.2) is 0 Å². The number of nitrogens with zero attached hydrogens (tertiary/aromatic N) is 2. The summed E-state index contributed by atoms with van der Waals surface area (Å²) >= 11 is 0. The molecular weight excluding hydrogens is 164 g/mol. The monoisotopic (exact) mass is 180 g/mol. The van der Waals surface area contributed by atoms with E-state index in [0.29, 0.717) is 6.54 Å². The fraction of sp³-hybridized carbons (Fsp3) is 0.600. The molecule has 3 nitrogen and oxygen atoms in total. The summed E-state index contributed by atoms with van der Waals surface area (Å²) in [5.41, 5.74) is 0. The van der Waals surface area contributed by atoms with E-state index in [9.17, 15) is 4.79 Å². The first-order valence-electron chi connectivity index (χ1n) is 4.30. The molecule has 0 N–H and O–H groups in total. The molecule has 0 spiro atoms. The summed E-state index contributed by atoms with van der Waals surface area (Å²) in [5.74, 6) is -0.605. The number of amides is 1. The Balaban J connectivity index is 4.39. The fourth-order valence-electron chi connectivity index (χ4n) is 1.01. The van der Waals surface area contributed by atoms with Crippen LogP contribution in [0.4, 0.5) is 0 Å². The molecule has 0 aromatic carbocycles. The molecule has 1 atom stereocenters. The van der Waals surface area contributed by atoms with Gasteiger partial charge in [0.25, 0.3) is 0 Å². The van der Waals surface area contributed by atoms with E-state index in [1.165, 1.54) is 4.90 Å². The lowest BCUT2D eigenvalue weighted by Gasteiger charge is -2.20. The van der Waals surface area contributed by atoms with Gasteiger partial charge in [-0.15, -0.1) is 6.58 Å². The third-order valence-electron chi connectivity index (χ3n) is 1.85. The third-order valence-corrected chi connectivity index (χ3v) is 1.85. The van der Waals surface area contributed by atoms with Crippen molar-refractivity contribution >= 4 is 5.91 Å². The van der Waals surface area contributed by atoms with Crippen LogP contribution in [-0.4, -0.2) is 24.4 Å². The summed E-state index contributed by atoms with van der Waals surface area (Å²) in [4.78, 5) is 13.1. The van der Waals surface area contributed by atoms with Gasteiger partial charge in [0.05, 0.1) is 6.07 Å². The van der Waals surface area contributed by atoms with Gasteiger partial charge in [0, 0.05) is 13.6 Å². The van der Waals surface area contributed by atoms with Crippen LogP contribution in [0.25, 0.3) is 0 Å². The molecule has 0 rings (SSSR count). The molecule has 13 heavy (non-hydrogen) atoms. The van der Waals surface area contributed by atoms with Gasteiger partial charge < -0.3 is 4.90 Å². The summed E-state index contributed by atoms with van der Waals surface area (Å²) in [6, 6.07) is 2.02. The van der Waals surface area contributed by atoms with E-state index in [2.05, 4.69) is 6.58 Å². The number of likely N-dealkylation sites (N-methyl/N-ethyl adjacent to an activating group) is 1. The summed E-state index contributed by atoms with van der Waals surface area (Å²) in [7, 11) is 1.68. The molecule has 0 saturated heterocycles. The van der Waals surface area contributed by atoms with Gasteiger partial charge in [-0.3, -0.25) is 4.79 Å². The van der Waals surface area contributed by atoms with Gasteiger partial charge in [0.2, 0.25) is 5.91 Å². The van der Waals surface area contributed by atoms with E-state index < -0.39 is 5.92 Å². The molecule has 1 amide bonds. The summed E-state index contributed by atoms with van der Waals surface area (Å²) in [6.07, 6.45) is 1.65. The van der Waals surface area contributed by atoms with Crippen molar-refractivity contribution in [2.24, 2.45) is 11.8 Å². The van der Waals surface area contributed by atoms with Gasteiger partial charge in [0.1, 0.15) is 5.92 Å². The zero-order valence-electron chi connectivity index (χ0n) is 8.45.